The highest BCUT2D eigenvalue weighted by atomic mass is 35.5. The first-order valence-electron chi connectivity index (χ1n) is 7.63. The van der Waals surface area contributed by atoms with Crippen LogP contribution in [0.4, 0.5) is 0 Å². The van der Waals surface area contributed by atoms with Gasteiger partial charge in [0.25, 0.3) is 0 Å². The maximum absolute atomic E-state index is 6.04. The van der Waals surface area contributed by atoms with Crippen LogP contribution in [-0.4, -0.2) is 32.8 Å². The second-order valence-corrected chi connectivity index (χ2v) is 6.30. The maximum atomic E-state index is 6.04. The molecule has 1 aliphatic heterocycles. The molecule has 2 aromatic heterocycles. The summed E-state index contributed by atoms with van der Waals surface area (Å²) in [6.07, 6.45) is 3.84. The summed E-state index contributed by atoms with van der Waals surface area (Å²) >= 11 is 6.04. The lowest BCUT2D eigenvalue weighted by Gasteiger charge is -2.38. The van der Waals surface area contributed by atoms with Gasteiger partial charge in [-0.3, -0.25) is 9.58 Å². The van der Waals surface area contributed by atoms with Gasteiger partial charge in [-0.15, -0.1) is 0 Å². The Morgan fingerprint density at radius 3 is 2.91 bits per heavy atom. The number of hydrogen-bond acceptors (Lipinski definition) is 4. The number of oxazole rings is 1. The number of hydrogen-bond donors (Lipinski definition) is 0. The predicted molar refractivity (Wildman–Crippen MR) is 88.2 cm³/mol. The van der Waals surface area contributed by atoms with Gasteiger partial charge >= 0.3 is 0 Å². The highest BCUT2D eigenvalue weighted by Crippen LogP contribution is 2.27. The summed E-state index contributed by atoms with van der Waals surface area (Å²) < 4.78 is 7.83. The molecule has 3 aromatic rings. The zero-order valence-corrected chi connectivity index (χ0v) is 13.6. The Bertz CT molecular complexity index is 806. The first kappa shape index (κ1) is 14.5. The minimum atomic E-state index is 0.463. The summed E-state index contributed by atoms with van der Waals surface area (Å²) in [5.74, 6) is 1.49. The van der Waals surface area contributed by atoms with Gasteiger partial charge in [0.2, 0.25) is 5.89 Å². The number of aromatic nitrogens is 3. The fraction of sp³-hybridized carbons (Fsp3) is 0.294. The molecule has 3 heterocycles. The zero-order valence-electron chi connectivity index (χ0n) is 12.8. The first-order chi connectivity index (χ1) is 11.2. The van der Waals surface area contributed by atoms with Crippen molar-refractivity contribution >= 4 is 11.6 Å². The second-order valence-electron chi connectivity index (χ2n) is 5.87. The van der Waals surface area contributed by atoms with Gasteiger partial charge in [0.15, 0.2) is 0 Å². The van der Waals surface area contributed by atoms with Crippen LogP contribution in [0.15, 0.2) is 47.1 Å². The van der Waals surface area contributed by atoms with Crippen LogP contribution in [0, 0.1) is 6.92 Å². The number of nitrogens with zero attached hydrogens (tertiary/aromatic N) is 4. The Morgan fingerprint density at radius 1 is 1.30 bits per heavy atom. The van der Waals surface area contributed by atoms with Gasteiger partial charge in [-0.2, -0.15) is 5.10 Å². The van der Waals surface area contributed by atoms with E-state index < -0.39 is 0 Å². The molecular weight excluding hydrogens is 312 g/mol. The van der Waals surface area contributed by atoms with Crippen LogP contribution < -0.4 is 0 Å². The molecule has 0 spiro atoms. The summed E-state index contributed by atoms with van der Waals surface area (Å²) in [4.78, 5) is 6.99. The Morgan fingerprint density at radius 2 is 2.17 bits per heavy atom. The molecule has 1 aliphatic rings. The first-order valence-corrected chi connectivity index (χ1v) is 8.00. The standard InChI is InChI=1S/C17H17ClN4O/c1-12-16(11-21-9-15(10-21)22-7-3-6-19-22)20-17(23-12)13-4-2-5-14(18)8-13/h2-8,15H,9-11H2,1H3. The normalized spacial score (nSPS) is 15.7. The second kappa shape index (κ2) is 5.83. The zero-order chi connectivity index (χ0) is 15.8. The topological polar surface area (TPSA) is 47.1 Å². The summed E-state index contributed by atoms with van der Waals surface area (Å²) in [5, 5.41) is 4.98. The molecule has 0 atom stereocenters. The van der Waals surface area contributed by atoms with Crippen LogP contribution in [0.5, 0.6) is 0 Å². The van der Waals surface area contributed by atoms with E-state index in [4.69, 9.17) is 16.0 Å². The van der Waals surface area contributed by atoms with E-state index in [-0.39, 0.29) is 0 Å². The molecule has 4 rings (SSSR count). The molecule has 0 bridgehead atoms. The lowest BCUT2D eigenvalue weighted by molar-refractivity contribution is 0.0892. The van der Waals surface area contributed by atoms with Crippen molar-refractivity contribution in [2.75, 3.05) is 13.1 Å². The molecule has 23 heavy (non-hydrogen) atoms. The molecule has 118 valence electrons. The van der Waals surface area contributed by atoms with Gasteiger partial charge in [-0.1, -0.05) is 17.7 Å². The minimum absolute atomic E-state index is 0.463. The molecule has 1 aromatic carbocycles. The minimum Gasteiger partial charge on any atom is -0.441 e. The van der Waals surface area contributed by atoms with Crippen molar-refractivity contribution in [3.63, 3.8) is 0 Å². The molecule has 0 unspecified atom stereocenters. The van der Waals surface area contributed by atoms with Gasteiger partial charge in [-0.05, 0) is 31.2 Å². The van der Waals surface area contributed by atoms with Crippen molar-refractivity contribution in [3.8, 4) is 11.5 Å². The predicted octanol–water partition coefficient (Wildman–Crippen LogP) is 3.56. The molecule has 0 radical (unpaired) electrons. The smallest absolute Gasteiger partial charge is 0.226 e. The molecule has 0 amide bonds. The lowest BCUT2D eigenvalue weighted by Crippen LogP contribution is -2.47. The maximum Gasteiger partial charge on any atom is 0.226 e. The number of halogens is 1. The van der Waals surface area contributed by atoms with Crippen LogP contribution in [0.2, 0.25) is 5.02 Å². The SMILES string of the molecule is Cc1oc(-c2cccc(Cl)c2)nc1CN1CC(n2cccn2)C1. The molecule has 1 saturated heterocycles. The van der Waals surface area contributed by atoms with E-state index in [2.05, 4.69) is 15.0 Å². The highest BCUT2D eigenvalue weighted by molar-refractivity contribution is 6.30. The van der Waals surface area contributed by atoms with Crippen LogP contribution in [0.25, 0.3) is 11.5 Å². The van der Waals surface area contributed by atoms with Crippen molar-refractivity contribution in [2.45, 2.75) is 19.5 Å². The van der Waals surface area contributed by atoms with Crippen molar-refractivity contribution in [1.29, 1.82) is 0 Å². The van der Waals surface area contributed by atoms with Crippen LogP contribution >= 0.6 is 11.6 Å². The van der Waals surface area contributed by atoms with E-state index >= 15 is 0 Å². The van der Waals surface area contributed by atoms with Crippen LogP contribution in [-0.2, 0) is 6.54 Å². The Balaban J connectivity index is 1.44. The molecule has 1 fully saturated rings. The number of benzene rings is 1. The molecule has 5 nitrogen and oxygen atoms in total. The quantitative estimate of drug-likeness (QED) is 0.734. The van der Waals surface area contributed by atoms with Gasteiger partial charge in [0.05, 0.1) is 11.7 Å². The lowest BCUT2D eigenvalue weighted by atomic mass is 10.1. The monoisotopic (exact) mass is 328 g/mol. The summed E-state index contributed by atoms with van der Waals surface area (Å²) in [6, 6.07) is 10.00. The fourth-order valence-electron chi connectivity index (χ4n) is 2.87. The van der Waals surface area contributed by atoms with Crippen molar-refractivity contribution in [1.82, 2.24) is 19.7 Å². The van der Waals surface area contributed by atoms with E-state index in [0.29, 0.717) is 17.0 Å². The fourth-order valence-corrected chi connectivity index (χ4v) is 3.06. The van der Waals surface area contributed by atoms with Crippen molar-refractivity contribution in [2.24, 2.45) is 0 Å². The van der Waals surface area contributed by atoms with Crippen molar-refractivity contribution < 1.29 is 4.42 Å². The average Bonchev–Trinajstić information content (AvgIpc) is 3.12. The van der Waals surface area contributed by atoms with E-state index in [1.54, 1.807) is 0 Å². The summed E-state index contributed by atoms with van der Waals surface area (Å²) in [7, 11) is 0. The Kier molecular flexibility index (Phi) is 3.67. The molecule has 6 heteroatoms. The Hall–Kier alpha value is -2.11. The number of aryl methyl sites for hydroxylation is 1. The average molecular weight is 329 g/mol. The summed E-state index contributed by atoms with van der Waals surface area (Å²) in [5.41, 5.74) is 1.89. The van der Waals surface area contributed by atoms with E-state index in [1.807, 2.05) is 54.3 Å². The highest BCUT2D eigenvalue weighted by Gasteiger charge is 2.29. The van der Waals surface area contributed by atoms with E-state index in [0.717, 1.165) is 36.7 Å². The molecule has 0 N–H and O–H groups in total. The molecule has 0 aliphatic carbocycles. The third-order valence-electron chi connectivity index (χ3n) is 4.17. The molecule has 0 saturated carbocycles. The van der Waals surface area contributed by atoms with E-state index in [9.17, 15) is 0 Å². The Labute approximate surface area is 139 Å². The largest absolute Gasteiger partial charge is 0.441 e. The van der Waals surface area contributed by atoms with Gasteiger partial charge in [0.1, 0.15) is 5.76 Å². The molecular formula is C17H17ClN4O. The van der Waals surface area contributed by atoms with Crippen LogP contribution in [0.1, 0.15) is 17.5 Å². The summed E-state index contributed by atoms with van der Waals surface area (Å²) in [6.45, 7) is 4.73. The number of likely N-dealkylation sites (tertiary alicyclic amines) is 1. The van der Waals surface area contributed by atoms with Gasteiger partial charge in [0, 0.05) is 42.6 Å². The van der Waals surface area contributed by atoms with Crippen LogP contribution in [0.3, 0.4) is 0 Å². The third-order valence-corrected chi connectivity index (χ3v) is 4.41. The third kappa shape index (κ3) is 2.90. The van der Waals surface area contributed by atoms with Gasteiger partial charge < -0.3 is 4.42 Å². The van der Waals surface area contributed by atoms with Crippen molar-refractivity contribution in [3.05, 3.63) is 59.2 Å². The number of rotatable bonds is 4. The van der Waals surface area contributed by atoms with Gasteiger partial charge in [-0.25, -0.2) is 4.98 Å². The van der Waals surface area contributed by atoms with E-state index in [1.165, 1.54) is 0 Å².